The van der Waals surface area contributed by atoms with Crippen LogP contribution in [0.5, 0.6) is 0 Å². The van der Waals surface area contributed by atoms with Gasteiger partial charge in [0.1, 0.15) is 11.6 Å². The Labute approximate surface area is 99.4 Å². The molecular weight excluding hydrogens is 215 g/mol. The van der Waals surface area contributed by atoms with Crippen molar-refractivity contribution >= 4 is 0 Å². The lowest BCUT2D eigenvalue weighted by Gasteiger charge is -2.06. The van der Waals surface area contributed by atoms with E-state index >= 15 is 0 Å². The first-order valence-electron chi connectivity index (χ1n) is 5.26. The number of halogens is 1. The highest BCUT2D eigenvalue weighted by Crippen LogP contribution is 2.23. The van der Waals surface area contributed by atoms with Crippen LogP contribution in [0.2, 0.25) is 0 Å². The molecule has 0 aliphatic carbocycles. The van der Waals surface area contributed by atoms with Gasteiger partial charge < -0.3 is 0 Å². The average Bonchev–Trinajstić information content (AvgIpc) is 2.29. The number of nitriles is 1. The van der Waals surface area contributed by atoms with Crippen LogP contribution in [-0.2, 0) is 0 Å². The van der Waals surface area contributed by atoms with Gasteiger partial charge in [0.25, 0.3) is 0 Å². The first kappa shape index (κ1) is 11.3. The second kappa shape index (κ2) is 4.34. The van der Waals surface area contributed by atoms with Crippen LogP contribution in [0, 0.1) is 31.1 Å². The molecule has 17 heavy (non-hydrogen) atoms. The van der Waals surface area contributed by atoms with Crippen LogP contribution < -0.4 is 0 Å². The monoisotopic (exact) mass is 226 g/mol. The maximum absolute atomic E-state index is 13.4. The van der Waals surface area contributed by atoms with Crippen LogP contribution >= 0.6 is 0 Å². The van der Waals surface area contributed by atoms with Gasteiger partial charge in [0.05, 0.1) is 5.69 Å². The fraction of sp³-hybridized carbons (Fsp3) is 0.143. The van der Waals surface area contributed by atoms with Crippen molar-refractivity contribution in [2.24, 2.45) is 0 Å². The smallest absolute Gasteiger partial charge is 0.219 e. The lowest BCUT2D eigenvalue weighted by molar-refractivity contribution is 0.581. The van der Waals surface area contributed by atoms with Crippen LogP contribution in [-0.4, -0.2) is 4.98 Å². The molecule has 3 heteroatoms. The Morgan fingerprint density at radius 1 is 1.18 bits per heavy atom. The fourth-order valence-electron chi connectivity index (χ4n) is 1.77. The summed E-state index contributed by atoms with van der Waals surface area (Å²) in [5.74, 6) is -0.718. The molecule has 0 aliphatic rings. The molecule has 1 aromatic heterocycles. The molecule has 0 saturated heterocycles. The molecule has 0 aliphatic heterocycles. The van der Waals surface area contributed by atoms with Gasteiger partial charge in [-0.25, -0.2) is 4.98 Å². The van der Waals surface area contributed by atoms with Crippen molar-refractivity contribution in [2.45, 2.75) is 13.8 Å². The minimum absolute atomic E-state index is 0.0292. The van der Waals surface area contributed by atoms with Crippen molar-refractivity contribution in [3.05, 3.63) is 53.0 Å². The maximum Gasteiger partial charge on any atom is 0.231 e. The molecule has 2 rings (SSSR count). The standard InChI is InChI=1S/C14H11FN2/c1-9-3-5-12(10(2)7-9)13-6-4-11(8-16)14(15)17-13/h3-7H,1-2H3. The maximum atomic E-state index is 13.4. The molecule has 2 nitrogen and oxygen atoms in total. The minimum atomic E-state index is -0.718. The molecule has 0 saturated carbocycles. The summed E-state index contributed by atoms with van der Waals surface area (Å²) in [6.07, 6.45) is 0. The lowest BCUT2D eigenvalue weighted by atomic mass is 10.0. The number of aromatic nitrogens is 1. The molecule has 0 unspecified atom stereocenters. The van der Waals surface area contributed by atoms with E-state index < -0.39 is 5.95 Å². The summed E-state index contributed by atoms with van der Waals surface area (Å²) >= 11 is 0. The quantitative estimate of drug-likeness (QED) is 0.699. The van der Waals surface area contributed by atoms with Crippen LogP contribution in [0.4, 0.5) is 4.39 Å². The van der Waals surface area contributed by atoms with Crippen molar-refractivity contribution in [3.63, 3.8) is 0 Å². The molecule has 0 fully saturated rings. The molecule has 0 radical (unpaired) electrons. The number of aryl methyl sites for hydroxylation is 2. The van der Waals surface area contributed by atoms with E-state index in [1.807, 2.05) is 32.0 Å². The molecule has 2 aromatic rings. The molecule has 1 heterocycles. The third kappa shape index (κ3) is 2.16. The van der Waals surface area contributed by atoms with Gasteiger partial charge in [0.2, 0.25) is 5.95 Å². The van der Waals surface area contributed by atoms with Gasteiger partial charge in [-0.05, 0) is 31.5 Å². The zero-order valence-electron chi connectivity index (χ0n) is 9.66. The zero-order chi connectivity index (χ0) is 12.4. The van der Waals surface area contributed by atoms with E-state index in [0.717, 1.165) is 16.7 Å². The van der Waals surface area contributed by atoms with Crippen LogP contribution in [0.3, 0.4) is 0 Å². The van der Waals surface area contributed by atoms with Gasteiger partial charge in [0.15, 0.2) is 0 Å². The van der Waals surface area contributed by atoms with Gasteiger partial charge in [0, 0.05) is 5.56 Å². The number of nitrogens with zero attached hydrogens (tertiary/aromatic N) is 2. The third-order valence-electron chi connectivity index (χ3n) is 2.63. The fourth-order valence-corrected chi connectivity index (χ4v) is 1.77. The van der Waals surface area contributed by atoms with Crippen molar-refractivity contribution in [3.8, 4) is 17.3 Å². The Balaban J connectivity index is 2.54. The number of pyridine rings is 1. The Bertz CT molecular complexity index is 612. The highest BCUT2D eigenvalue weighted by Gasteiger charge is 2.08. The van der Waals surface area contributed by atoms with Gasteiger partial charge in [-0.2, -0.15) is 9.65 Å². The molecule has 0 bridgehead atoms. The molecular formula is C14H11FN2. The number of hydrogen-bond acceptors (Lipinski definition) is 2. The Morgan fingerprint density at radius 3 is 2.53 bits per heavy atom. The first-order valence-corrected chi connectivity index (χ1v) is 5.26. The van der Waals surface area contributed by atoms with E-state index in [-0.39, 0.29) is 5.56 Å². The number of benzene rings is 1. The summed E-state index contributed by atoms with van der Waals surface area (Å²) < 4.78 is 13.4. The SMILES string of the molecule is Cc1ccc(-c2ccc(C#N)c(F)n2)c(C)c1. The van der Waals surface area contributed by atoms with Crippen LogP contribution in [0.15, 0.2) is 30.3 Å². The van der Waals surface area contributed by atoms with Crippen LogP contribution in [0.25, 0.3) is 11.3 Å². The van der Waals surface area contributed by atoms with Crippen molar-refractivity contribution in [1.82, 2.24) is 4.98 Å². The summed E-state index contributed by atoms with van der Waals surface area (Å²) in [5, 5.41) is 8.64. The summed E-state index contributed by atoms with van der Waals surface area (Å²) in [6.45, 7) is 3.96. The highest BCUT2D eigenvalue weighted by atomic mass is 19.1. The summed E-state index contributed by atoms with van der Waals surface area (Å²) in [7, 11) is 0. The van der Waals surface area contributed by atoms with Crippen molar-refractivity contribution in [2.75, 3.05) is 0 Å². The molecule has 0 atom stereocenters. The summed E-state index contributed by atoms with van der Waals surface area (Å²) in [5.41, 5.74) is 3.61. The van der Waals surface area contributed by atoms with Gasteiger partial charge >= 0.3 is 0 Å². The predicted octanol–water partition coefficient (Wildman–Crippen LogP) is 3.38. The molecule has 0 amide bonds. The van der Waals surface area contributed by atoms with E-state index in [2.05, 4.69) is 4.98 Å². The average molecular weight is 226 g/mol. The zero-order valence-corrected chi connectivity index (χ0v) is 9.66. The molecule has 1 aromatic carbocycles. The molecule has 84 valence electrons. The van der Waals surface area contributed by atoms with E-state index in [9.17, 15) is 4.39 Å². The summed E-state index contributed by atoms with van der Waals surface area (Å²) in [4.78, 5) is 3.82. The predicted molar refractivity (Wildman–Crippen MR) is 63.8 cm³/mol. The van der Waals surface area contributed by atoms with E-state index in [0.29, 0.717) is 5.69 Å². The topological polar surface area (TPSA) is 36.7 Å². The molecule has 0 N–H and O–H groups in total. The Morgan fingerprint density at radius 2 is 1.94 bits per heavy atom. The van der Waals surface area contributed by atoms with Gasteiger partial charge in [-0.3, -0.25) is 0 Å². The second-order valence-electron chi connectivity index (χ2n) is 3.97. The second-order valence-corrected chi connectivity index (χ2v) is 3.97. The number of rotatable bonds is 1. The van der Waals surface area contributed by atoms with E-state index in [4.69, 9.17) is 5.26 Å². The van der Waals surface area contributed by atoms with E-state index in [1.165, 1.54) is 6.07 Å². The first-order chi connectivity index (χ1) is 8.11. The van der Waals surface area contributed by atoms with E-state index in [1.54, 1.807) is 12.1 Å². The van der Waals surface area contributed by atoms with Gasteiger partial charge in [-0.1, -0.05) is 23.8 Å². The van der Waals surface area contributed by atoms with Crippen LogP contribution in [0.1, 0.15) is 16.7 Å². The normalized spacial score (nSPS) is 10.0. The van der Waals surface area contributed by atoms with Crippen molar-refractivity contribution in [1.29, 1.82) is 5.26 Å². The largest absolute Gasteiger partial charge is 0.231 e. The minimum Gasteiger partial charge on any atom is -0.219 e. The Kier molecular flexibility index (Phi) is 2.88. The van der Waals surface area contributed by atoms with Crippen molar-refractivity contribution < 1.29 is 4.39 Å². The lowest BCUT2D eigenvalue weighted by Crippen LogP contribution is -1.93. The Hall–Kier alpha value is -2.21. The molecule has 0 spiro atoms. The van der Waals surface area contributed by atoms with Gasteiger partial charge in [-0.15, -0.1) is 0 Å². The third-order valence-corrected chi connectivity index (χ3v) is 2.63. The summed E-state index contributed by atoms with van der Waals surface area (Å²) in [6, 6.07) is 10.8. The number of hydrogen-bond donors (Lipinski definition) is 0. The highest BCUT2D eigenvalue weighted by molar-refractivity contribution is 5.64.